The Morgan fingerprint density at radius 2 is 1.70 bits per heavy atom. The molecule has 8 heteroatoms. The number of carbonyl (C=O) groups excluding carboxylic acids is 3. The maximum atomic E-state index is 12.4. The number of esters is 3. The highest BCUT2D eigenvalue weighted by Gasteiger charge is 2.68. The van der Waals surface area contributed by atoms with Gasteiger partial charge in [0.25, 0.3) is 5.79 Å². The van der Waals surface area contributed by atoms with Crippen molar-refractivity contribution in [2.24, 2.45) is 17.8 Å². The van der Waals surface area contributed by atoms with Gasteiger partial charge in [-0.2, -0.15) is 0 Å². The van der Waals surface area contributed by atoms with Crippen molar-refractivity contribution in [3.8, 4) is 0 Å². The van der Waals surface area contributed by atoms with Crippen LogP contribution in [0.25, 0.3) is 0 Å². The lowest BCUT2D eigenvalue weighted by Gasteiger charge is -2.28. The van der Waals surface area contributed by atoms with Gasteiger partial charge in [0.05, 0.1) is 0 Å². The molecule has 0 N–H and O–H groups in total. The fourth-order valence-electron chi connectivity index (χ4n) is 3.65. The summed E-state index contributed by atoms with van der Waals surface area (Å²) in [5.74, 6) is -1.90. The van der Waals surface area contributed by atoms with Crippen LogP contribution in [0.4, 0.5) is 0 Å². The van der Waals surface area contributed by atoms with E-state index >= 15 is 0 Å². The van der Waals surface area contributed by atoms with Crippen LogP contribution in [0.1, 0.15) is 47.5 Å². The number of carbonyl (C=O) groups is 3. The molecule has 2 heterocycles. The van der Waals surface area contributed by atoms with Crippen molar-refractivity contribution in [2.75, 3.05) is 13.2 Å². The van der Waals surface area contributed by atoms with Gasteiger partial charge in [-0.05, 0) is 29.6 Å². The van der Waals surface area contributed by atoms with Crippen LogP contribution in [0.5, 0.6) is 0 Å². The molecule has 1 spiro atoms. The van der Waals surface area contributed by atoms with E-state index < -0.39 is 29.9 Å². The summed E-state index contributed by atoms with van der Waals surface area (Å²) in [5.41, 5.74) is 0.642. The fraction of sp³-hybridized carbons (Fsp3) is 0.682. The highest BCUT2D eigenvalue weighted by Crippen LogP contribution is 2.52. The predicted octanol–water partition coefficient (Wildman–Crippen LogP) is 2.66. The van der Waals surface area contributed by atoms with Gasteiger partial charge in [0.15, 0.2) is 6.10 Å². The summed E-state index contributed by atoms with van der Waals surface area (Å²) in [6, 6.07) is 0. The zero-order valence-electron chi connectivity index (χ0n) is 18.1. The Balaban J connectivity index is 1.84. The van der Waals surface area contributed by atoms with Crippen molar-refractivity contribution < 1.29 is 38.1 Å². The van der Waals surface area contributed by atoms with E-state index in [1.54, 1.807) is 12.2 Å². The van der Waals surface area contributed by atoms with Crippen molar-refractivity contribution in [2.45, 2.75) is 65.5 Å². The molecule has 2 aliphatic heterocycles. The molecule has 0 aromatic carbocycles. The lowest BCUT2D eigenvalue weighted by Crippen LogP contribution is -2.41. The van der Waals surface area contributed by atoms with Gasteiger partial charge in [-0.25, -0.2) is 0 Å². The molecule has 0 amide bonds. The fourth-order valence-corrected chi connectivity index (χ4v) is 3.65. The van der Waals surface area contributed by atoms with E-state index in [0.29, 0.717) is 11.3 Å². The van der Waals surface area contributed by atoms with Crippen LogP contribution < -0.4 is 0 Å². The lowest BCUT2D eigenvalue weighted by atomic mass is 9.87. The van der Waals surface area contributed by atoms with Crippen LogP contribution in [0.2, 0.25) is 0 Å². The average Bonchev–Trinajstić information content (AvgIpc) is 3.30. The molecule has 1 aliphatic carbocycles. The second kappa shape index (κ2) is 8.79. The standard InChI is InChI=1S/C22H30O8/c1-12(2)6-18(24)28-16-8-15(10-26-14(5)23)9-17-20(16)21(22(30-17)11-27-22)29-19(25)7-13(3)4/h8-9,12-13,16,20-21H,6-7,10-11H2,1-5H3. The van der Waals surface area contributed by atoms with Crippen LogP contribution in [0, 0.1) is 17.8 Å². The third-order valence-corrected chi connectivity index (χ3v) is 4.99. The molecule has 166 valence electrons. The molecule has 0 saturated carbocycles. The quantitative estimate of drug-likeness (QED) is 0.334. The smallest absolute Gasteiger partial charge is 0.306 e. The minimum Gasteiger partial charge on any atom is -0.461 e. The van der Waals surface area contributed by atoms with Gasteiger partial charge in [0.1, 0.15) is 31.0 Å². The van der Waals surface area contributed by atoms with E-state index in [1.165, 1.54) is 6.92 Å². The molecule has 2 saturated heterocycles. The first-order valence-electron chi connectivity index (χ1n) is 10.4. The van der Waals surface area contributed by atoms with E-state index in [-0.39, 0.29) is 49.8 Å². The number of fused-ring (bicyclic) bond motifs is 1. The van der Waals surface area contributed by atoms with Crippen LogP contribution in [-0.2, 0) is 38.1 Å². The Kier molecular flexibility index (Phi) is 6.55. The highest BCUT2D eigenvalue weighted by atomic mass is 16.8. The number of hydrogen-bond acceptors (Lipinski definition) is 8. The molecule has 4 atom stereocenters. The Labute approximate surface area is 176 Å². The summed E-state index contributed by atoms with van der Waals surface area (Å²) >= 11 is 0. The minimum atomic E-state index is -1.05. The Bertz CT molecular complexity index is 759. The van der Waals surface area contributed by atoms with E-state index in [0.717, 1.165) is 0 Å². The summed E-state index contributed by atoms with van der Waals surface area (Å²) < 4.78 is 28.1. The first kappa shape index (κ1) is 22.3. The number of ether oxygens (including phenoxy) is 5. The molecule has 2 fully saturated rings. The summed E-state index contributed by atoms with van der Waals surface area (Å²) in [4.78, 5) is 36.0. The van der Waals surface area contributed by atoms with Crippen molar-refractivity contribution >= 4 is 17.9 Å². The zero-order valence-corrected chi connectivity index (χ0v) is 18.1. The molecule has 8 nitrogen and oxygen atoms in total. The SMILES string of the molecule is CC(=O)OCC1=CC(OC(=O)CC(C)C)C2C(=C1)OC1(CO1)C2OC(=O)CC(C)C. The molecule has 4 unspecified atom stereocenters. The van der Waals surface area contributed by atoms with Crippen LogP contribution in [0.15, 0.2) is 23.5 Å². The third kappa shape index (κ3) is 5.22. The Hall–Kier alpha value is -2.35. The van der Waals surface area contributed by atoms with Gasteiger partial charge in [0, 0.05) is 19.8 Å². The number of epoxide rings is 1. The summed E-state index contributed by atoms with van der Waals surface area (Å²) in [6.07, 6.45) is 2.55. The van der Waals surface area contributed by atoms with Crippen molar-refractivity contribution in [3.63, 3.8) is 0 Å². The van der Waals surface area contributed by atoms with Gasteiger partial charge in [-0.3, -0.25) is 14.4 Å². The first-order chi connectivity index (χ1) is 14.1. The molecular weight excluding hydrogens is 392 g/mol. The van der Waals surface area contributed by atoms with E-state index in [4.69, 9.17) is 23.7 Å². The number of rotatable bonds is 8. The van der Waals surface area contributed by atoms with E-state index in [1.807, 2.05) is 27.7 Å². The molecule has 0 aromatic heterocycles. The monoisotopic (exact) mass is 422 g/mol. The Morgan fingerprint density at radius 3 is 2.23 bits per heavy atom. The molecule has 0 bridgehead atoms. The average molecular weight is 422 g/mol. The van der Waals surface area contributed by atoms with Gasteiger partial charge in [-0.15, -0.1) is 0 Å². The van der Waals surface area contributed by atoms with Crippen molar-refractivity contribution in [3.05, 3.63) is 23.5 Å². The van der Waals surface area contributed by atoms with Gasteiger partial charge in [-0.1, -0.05) is 27.7 Å². The van der Waals surface area contributed by atoms with Crippen molar-refractivity contribution in [1.29, 1.82) is 0 Å². The topological polar surface area (TPSA) is 101 Å². The molecule has 30 heavy (non-hydrogen) atoms. The van der Waals surface area contributed by atoms with E-state index in [9.17, 15) is 14.4 Å². The molecule has 0 aromatic rings. The molecule has 3 rings (SSSR count). The van der Waals surface area contributed by atoms with Crippen LogP contribution >= 0.6 is 0 Å². The summed E-state index contributed by atoms with van der Waals surface area (Å²) in [5, 5.41) is 0. The largest absolute Gasteiger partial charge is 0.461 e. The van der Waals surface area contributed by atoms with Crippen molar-refractivity contribution in [1.82, 2.24) is 0 Å². The first-order valence-corrected chi connectivity index (χ1v) is 10.4. The second-order valence-corrected chi connectivity index (χ2v) is 8.86. The summed E-state index contributed by atoms with van der Waals surface area (Å²) in [7, 11) is 0. The third-order valence-electron chi connectivity index (χ3n) is 4.99. The number of hydrogen-bond donors (Lipinski definition) is 0. The van der Waals surface area contributed by atoms with Crippen LogP contribution in [-0.4, -0.2) is 49.1 Å². The molecular formula is C22H30O8. The highest BCUT2D eigenvalue weighted by molar-refractivity contribution is 5.71. The lowest BCUT2D eigenvalue weighted by molar-refractivity contribution is -0.165. The van der Waals surface area contributed by atoms with Crippen LogP contribution in [0.3, 0.4) is 0 Å². The van der Waals surface area contributed by atoms with Gasteiger partial charge >= 0.3 is 17.9 Å². The molecule has 0 radical (unpaired) electrons. The van der Waals surface area contributed by atoms with Gasteiger partial charge in [0.2, 0.25) is 0 Å². The maximum absolute atomic E-state index is 12.4. The predicted molar refractivity (Wildman–Crippen MR) is 105 cm³/mol. The Morgan fingerprint density at radius 1 is 1.10 bits per heavy atom. The summed E-state index contributed by atoms with van der Waals surface area (Å²) in [6.45, 7) is 9.35. The van der Waals surface area contributed by atoms with E-state index in [2.05, 4.69) is 0 Å². The molecule has 3 aliphatic rings. The minimum absolute atomic E-state index is 0.0266. The maximum Gasteiger partial charge on any atom is 0.306 e. The van der Waals surface area contributed by atoms with Gasteiger partial charge < -0.3 is 23.7 Å². The zero-order chi connectivity index (χ0) is 22.1. The normalized spacial score (nSPS) is 29.1. The second-order valence-electron chi connectivity index (χ2n) is 8.86.